The van der Waals surface area contributed by atoms with E-state index in [1.165, 1.54) is 26.0 Å². The standard InChI is InChI=1S/C12H12ClFN4O2/c1-12(2,11(19)20)18-10(15-16-17-18)6-7-8(13)4-3-5-9(7)14/h3-5H,6H2,1-2H3,(H,19,20). The molecule has 0 amide bonds. The monoisotopic (exact) mass is 298 g/mol. The van der Waals surface area contributed by atoms with Crippen molar-refractivity contribution >= 4 is 17.6 Å². The lowest BCUT2D eigenvalue weighted by Crippen LogP contribution is -2.38. The zero-order valence-electron chi connectivity index (χ0n) is 10.8. The van der Waals surface area contributed by atoms with E-state index in [-0.39, 0.29) is 22.8 Å². The summed E-state index contributed by atoms with van der Waals surface area (Å²) in [5.41, 5.74) is -1.11. The molecule has 2 rings (SSSR count). The van der Waals surface area contributed by atoms with Gasteiger partial charge in [-0.15, -0.1) is 5.10 Å². The third-order valence-corrected chi connectivity index (χ3v) is 3.34. The summed E-state index contributed by atoms with van der Waals surface area (Å²) < 4.78 is 14.9. The molecular weight excluding hydrogens is 287 g/mol. The molecule has 0 saturated heterocycles. The maximum Gasteiger partial charge on any atom is 0.331 e. The number of carboxylic acid groups (broad SMARTS) is 1. The molecule has 0 spiro atoms. The SMILES string of the molecule is CC(C)(C(=O)O)n1nnnc1Cc1c(F)cccc1Cl. The van der Waals surface area contributed by atoms with Gasteiger partial charge in [-0.25, -0.2) is 13.9 Å². The number of rotatable bonds is 4. The first-order valence-corrected chi connectivity index (χ1v) is 6.16. The number of carbonyl (C=O) groups is 1. The summed E-state index contributed by atoms with van der Waals surface area (Å²) in [5.74, 6) is -1.35. The van der Waals surface area contributed by atoms with Crippen molar-refractivity contribution in [3.8, 4) is 0 Å². The highest BCUT2D eigenvalue weighted by molar-refractivity contribution is 6.31. The lowest BCUT2D eigenvalue weighted by molar-refractivity contribution is -0.146. The van der Waals surface area contributed by atoms with Crippen molar-refractivity contribution in [1.29, 1.82) is 0 Å². The minimum absolute atomic E-state index is 0.00914. The van der Waals surface area contributed by atoms with E-state index in [0.717, 1.165) is 4.68 Å². The predicted octanol–water partition coefficient (Wildman–Crippen LogP) is 1.88. The molecule has 0 fully saturated rings. The molecule has 0 atom stereocenters. The molecule has 1 aromatic heterocycles. The summed E-state index contributed by atoms with van der Waals surface area (Å²) in [6.07, 6.45) is 0.00914. The summed E-state index contributed by atoms with van der Waals surface area (Å²) in [4.78, 5) is 11.2. The third kappa shape index (κ3) is 2.49. The zero-order valence-corrected chi connectivity index (χ0v) is 11.6. The zero-order chi connectivity index (χ0) is 14.9. The topological polar surface area (TPSA) is 80.9 Å². The molecule has 0 aliphatic carbocycles. The van der Waals surface area contributed by atoms with Crippen LogP contribution in [-0.4, -0.2) is 31.3 Å². The van der Waals surface area contributed by atoms with Crippen LogP contribution in [0.2, 0.25) is 5.02 Å². The minimum atomic E-state index is -1.34. The Hall–Kier alpha value is -2.02. The number of aliphatic carboxylic acids is 1. The van der Waals surface area contributed by atoms with E-state index in [0.29, 0.717) is 0 Å². The van der Waals surface area contributed by atoms with E-state index in [1.807, 2.05) is 0 Å². The molecular formula is C12H12ClFN4O2. The Morgan fingerprint density at radius 1 is 1.50 bits per heavy atom. The van der Waals surface area contributed by atoms with Crippen molar-refractivity contribution in [3.05, 3.63) is 40.4 Å². The highest BCUT2D eigenvalue weighted by Crippen LogP contribution is 2.23. The molecule has 0 bridgehead atoms. The smallest absolute Gasteiger partial charge is 0.331 e. The van der Waals surface area contributed by atoms with Crippen LogP contribution in [0.3, 0.4) is 0 Å². The predicted molar refractivity (Wildman–Crippen MR) is 69.0 cm³/mol. The Balaban J connectivity index is 2.42. The van der Waals surface area contributed by atoms with Gasteiger partial charge in [0.1, 0.15) is 5.82 Å². The van der Waals surface area contributed by atoms with Gasteiger partial charge in [-0.3, -0.25) is 0 Å². The number of benzene rings is 1. The molecule has 106 valence electrons. The average molecular weight is 299 g/mol. The molecule has 1 aromatic carbocycles. The van der Waals surface area contributed by atoms with Crippen LogP contribution in [0.1, 0.15) is 25.2 Å². The van der Waals surface area contributed by atoms with Crippen molar-refractivity contribution in [2.75, 3.05) is 0 Å². The van der Waals surface area contributed by atoms with Gasteiger partial charge < -0.3 is 5.11 Å². The first-order valence-electron chi connectivity index (χ1n) is 5.78. The fourth-order valence-corrected chi connectivity index (χ4v) is 1.93. The molecule has 0 aliphatic rings. The third-order valence-electron chi connectivity index (χ3n) is 2.98. The first-order chi connectivity index (χ1) is 9.34. The van der Waals surface area contributed by atoms with Crippen LogP contribution in [0, 0.1) is 5.82 Å². The summed E-state index contributed by atoms with van der Waals surface area (Å²) >= 11 is 5.94. The normalized spacial score (nSPS) is 11.6. The lowest BCUT2D eigenvalue weighted by atomic mass is 10.1. The number of halogens is 2. The van der Waals surface area contributed by atoms with E-state index in [2.05, 4.69) is 15.5 Å². The van der Waals surface area contributed by atoms with Gasteiger partial charge in [-0.1, -0.05) is 17.7 Å². The number of hydrogen-bond donors (Lipinski definition) is 1. The average Bonchev–Trinajstić information content (AvgIpc) is 2.82. The maximum atomic E-state index is 13.8. The van der Waals surface area contributed by atoms with Crippen LogP contribution < -0.4 is 0 Å². The number of tetrazole rings is 1. The van der Waals surface area contributed by atoms with E-state index in [1.54, 1.807) is 6.07 Å². The highest BCUT2D eigenvalue weighted by Gasteiger charge is 2.33. The maximum absolute atomic E-state index is 13.8. The van der Waals surface area contributed by atoms with Crippen molar-refractivity contribution in [3.63, 3.8) is 0 Å². The van der Waals surface area contributed by atoms with Crippen LogP contribution in [0.5, 0.6) is 0 Å². The first kappa shape index (κ1) is 14.4. The quantitative estimate of drug-likeness (QED) is 0.932. The minimum Gasteiger partial charge on any atom is -0.479 e. The van der Waals surface area contributed by atoms with Crippen molar-refractivity contribution in [2.24, 2.45) is 0 Å². The number of carboxylic acids is 1. The van der Waals surface area contributed by atoms with Crippen LogP contribution in [-0.2, 0) is 16.8 Å². The van der Waals surface area contributed by atoms with Gasteiger partial charge >= 0.3 is 5.97 Å². The summed E-state index contributed by atoms with van der Waals surface area (Å²) in [6, 6.07) is 4.32. The van der Waals surface area contributed by atoms with Gasteiger partial charge in [0.05, 0.1) is 0 Å². The van der Waals surface area contributed by atoms with Crippen LogP contribution >= 0.6 is 11.6 Å². The van der Waals surface area contributed by atoms with Gasteiger partial charge in [0.25, 0.3) is 0 Å². The van der Waals surface area contributed by atoms with E-state index < -0.39 is 17.3 Å². The van der Waals surface area contributed by atoms with Gasteiger partial charge in [-0.05, 0) is 36.4 Å². The van der Waals surface area contributed by atoms with Crippen LogP contribution in [0.4, 0.5) is 4.39 Å². The van der Waals surface area contributed by atoms with E-state index >= 15 is 0 Å². The Labute approximate surface area is 119 Å². The van der Waals surface area contributed by atoms with E-state index in [9.17, 15) is 14.3 Å². The van der Waals surface area contributed by atoms with Crippen molar-refractivity contribution in [1.82, 2.24) is 20.2 Å². The van der Waals surface area contributed by atoms with Crippen molar-refractivity contribution in [2.45, 2.75) is 25.8 Å². The number of nitrogens with zero attached hydrogens (tertiary/aromatic N) is 4. The Morgan fingerprint density at radius 2 is 2.20 bits per heavy atom. The van der Waals surface area contributed by atoms with Gasteiger partial charge in [0.15, 0.2) is 11.4 Å². The molecule has 0 aliphatic heterocycles. The van der Waals surface area contributed by atoms with Gasteiger partial charge in [-0.2, -0.15) is 0 Å². The molecule has 0 unspecified atom stereocenters. The van der Waals surface area contributed by atoms with Crippen molar-refractivity contribution < 1.29 is 14.3 Å². The lowest BCUT2D eigenvalue weighted by Gasteiger charge is -2.20. The van der Waals surface area contributed by atoms with Crippen LogP contribution in [0.15, 0.2) is 18.2 Å². The number of hydrogen-bond acceptors (Lipinski definition) is 4. The highest BCUT2D eigenvalue weighted by atomic mass is 35.5. The molecule has 8 heteroatoms. The molecule has 0 saturated carbocycles. The summed E-state index contributed by atoms with van der Waals surface area (Å²) in [5, 5.41) is 20.3. The van der Waals surface area contributed by atoms with Gasteiger partial charge in [0, 0.05) is 17.0 Å². The van der Waals surface area contributed by atoms with Crippen LogP contribution in [0.25, 0.3) is 0 Å². The molecule has 1 heterocycles. The second-order valence-corrected chi connectivity index (χ2v) is 5.16. The second kappa shape index (κ2) is 5.16. The molecule has 0 radical (unpaired) electrons. The molecule has 6 nitrogen and oxygen atoms in total. The fourth-order valence-electron chi connectivity index (χ4n) is 1.70. The number of aromatic nitrogens is 4. The molecule has 1 N–H and O–H groups in total. The Kier molecular flexibility index (Phi) is 3.71. The van der Waals surface area contributed by atoms with Gasteiger partial charge in [0.2, 0.25) is 0 Å². The Bertz CT molecular complexity index is 636. The van der Waals surface area contributed by atoms with E-state index in [4.69, 9.17) is 11.6 Å². The molecule has 20 heavy (non-hydrogen) atoms. The Morgan fingerprint density at radius 3 is 2.80 bits per heavy atom. The second-order valence-electron chi connectivity index (χ2n) is 4.75. The summed E-state index contributed by atoms with van der Waals surface area (Å²) in [7, 11) is 0. The fraction of sp³-hybridized carbons (Fsp3) is 0.333. The largest absolute Gasteiger partial charge is 0.479 e. The molecule has 2 aromatic rings. The summed E-state index contributed by atoms with van der Waals surface area (Å²) in [6.45, 7) is 2.91.